The zero-order valence-corrected chi connectivity index (χ0v) is 17.6. The third-order valence-electron chi connectivity index (χ3n) is 5.15. The highest BCUT2D eigenvalue weighted by atomic mass is 19.1. The molecule has 3 rings (SSSR count). The van der Waals surface area contributed by atoms with Crippen LogP contribution in [0.25, 0.3) is 6.08 Å². The average molecular weight is 424 g/mol. The molecule has 162 valence electrons. The molecule has 1 saturated heterocycles. The number of anilines is 1. The van der Waals surface area contributed by atoms with E-state index in [0.29, 0.717) is 37.4 Å². The lowest BCUT2D eigenvalue weighted by atomic mass is 10.1. The van der Waals surface area contributed by atoms with Gasteiger partial charge in [-0.25, -0.2) is 9.18 Å². The fourth-order valence-corrected chi connectivity index (χ4v) is 3.29. The molecule has 0 saturated carbocycles. The summed E-state index contributed by atoms with van der Waals surface area (Å²) in [6.45, 7) is 4.72. The maximum atomic E-state index is 14.3. The van der Waals surface area contributed by atoms with Gasteiger partial charge in [-0.05, 0) is 43.7 Å². The maximum Gasteiger partial charge on any atom is 0.331 e. The highest BCUT2D eigenvalue weighted by Gasteiger charge is 2.23. The smallest absolute Gasteiger partial charge is 0.331 e. The zero-order chi connectivity index (χ0) is 22.4. The molecule has 0 spiro atoms. The Bertz CT molecular complexity index is 993. The van der Waals surface area contributed by atoms with Crippen LogP contribution in [-0.2, 0) is 14.3 Å². The minimum atomic E-state index is -0.583. The van der Waals surface area contributed by atoms with Crippen LogP contribution in [0.1, 0.15) is 28.4 Å². The lowest BCUT2D eigenvalue weighted by Crippen LogP contribution is -2.50. The molecule has 6 nitrogen and oxygen atoms in total. The number of amides is 1. The Morgan fingerprint density at radius 3 is 2.32 bits per heavy atom. The van der Waals surface area contributed by atoms with Crippen LogP contribution in [-0.4, -0.2) is 55.3 Å². The van der Waals surface area contributed by atoms with Gasteiger partial charge >= 0.3 is 5.97 Å². The number of ether oxygens (including phenoxy) is 1. The van der Waals surface area contributed by atoms with Gasteiger partial charge in [-0.1, -0.05) is 29.8 Å². The van der Waals surface area contributed by atoms with Crippen LogP contribution < -0.4 is 4.90 Å². The zero-order valence-electron chi connectivity index (χ0n) is 17.6. The number of hydrogen-bond donors (Lipinski definition) is 0. The van der Waals surface area contributed by atoms with E-state index in [2.05, 4.69) is 0 Å². The summed E-state index contributed by atoms with van der Waals surface area (Å²) in [4.78, 5) is 39.0. The molecule has 0 N–H and O–H groups in total. The molecule has 0 aliphatic carbocycles. The van der Waals surface area contributed by atoms with Crippen molar-refractivity contribution in [1.82, 2.24) is 4.90 Å². The number of aryl methyl sites for hydroxylation is 1. The normalized spacial score (nSPS) is 14.0. The molecule has 0 radical (unpaired) electrons. The van der Waals surface area contributed by atoms with E-state index in [1.807, 2.05) is 36.1 Å². The van der Waals surface area contributed by atoms with Crippen molar-refractivity contribution in [2.24, 2.45) is 0 Å². The molecule has 1 heterocycles. The second-order valence-electron chi connectivity index (χ2n) is 7.44. The SMILES string of the molecule is CC(=O)c1ccc(N2CCN(C(=O)COC(=O)/C=C/c3ccc(C)cc3)CC2)c(F)c1. The van der Waals surface area contributed by atoms with Crippen LogP contribution in [0.15, 0.2) is 48.5 Å². The summed E-state index contributed by atoms with van der Waals surface area (Å²) in [5, 5.41) is 0. The number of esters is 1. The van der Waals surface area contributed by atoms with Gasteiger partial charge in [0.25, 0.3) is 5.91 Å². The van der Waals surface area contributed by atoms with Crippen LogP contribution in [0.2, 0.25) is 0 Å². The number of carbonyl (C=O) groups is 3. The first-order valence-corrected chi connectivity index (χ1v) is 10.1. The number of Topliss-reactive ketones (excluding diaryl/α,β-unsaturated/α-hetero) is 1. The van der Waals surface area contributed by atoms with Crippen molar-refractivity contribution in [2.75, 3.05) is 37.7 Å². The van der Waals surface area contributed by atoms with Gasteiger partial charge < -0.3 is 14.5 Å². The quantitative estimate of drug-likeness (QED) is 0.405. The molecule has 0 atom stereocenters. The Morgan fingerprint density at radius 1 is 1.03 bits per heavy atom. The Hall–Kier alpha value is -3.48. The van der Waals surface area contributed by atoms with Crippen molar-refractivity contribution >= 4 is 29.4 Å². The second-order valence-corrected chi connectivity index (χ2v) is 7.44. The molecular formula is C24H25FN2O4. The predicted molar refractivity (Wildman–Crippen MR) is 116 cm³/mol. The second kappa shape index (κ2) is 10.0. The van der Waals surface area contributed by atoms with Gasteiger partial charge in [0, 0.05) is 37.8 Å². The monoisotopic (exact) mass is 424 g/mol. The maximum absolute atomic E-state index is 14.3. The van der Waals surface area contributed by atoms with Crippen molar-refractivity contribution in [2.45, 2.75) is 13.8 Å². The highest BCUT2D eigenvalue weighted by molar-refractivity contribution is 5.94. The van der Waals surface area contributed by atoms with Gasteiger partial charge in [-0.3, -0.25) is 9.59 Å². The van der Waals surface area contributed by atoms with Gasteiger partial charge in [0.05, 0.1) is 5.69 Å². The summed E-state index contributed by atoms with van der Waals surface area (Å²) in [7, 11) is 0. The molecule has 0 aromatic heterocycles. The fraction of sp³-hybridized carbons (Fsp3) is 0.292. The number of benzene rings is 2. The van der Waals surface area contributed by atoms with Gasteiger partial charge in [0.1, 0.15) is 5.82 Å². The van der Waals surface area contributed by atoms with E-state index in [9.17, 15) is 18.8 Å². The standard InChI is InChI=1S/C24H25FN2O4/c1-17-3-5-19(6-4-17)7-10-24(30)31-16-23(29)27-13-11-26(12-14-27)22-9-8-20(18(2)28)15-21(22)25/h3-10,15H,11-14,16H2,1-2H3/b10-7+. The molecule has 1 amide bonds. The number of nitrogens with zero attached hydrogens (tertiary/aromatic N) is 2. The molecular weight excluding hydrogens is 399 g/mol. The predicted octanol–water partition coefficient (Wildman–Crippen LogP) is 3.24. The summed E-state index contributed by atoms with van der Waals surface area (Å²) in [6.07, 6.45) is 2.93. The Kier molecular flexibility index (Phi) is 7.18. The summed E-state index contributed by atoms with van der Waals surface area (Å²) >= 11 is 0. The molecule has 2 aromatic carbocycles. The van der Waals surface area contributed by atoms with Crippen molar-refractivity contribution < 1.29 is 23.5 Å². The van der Waals surface area contributed by atoms with E-state index >= 15 is 0 Å². The first-order chi connectivity index (χ1) is 14.8. The molecule has 0 unspecified atom stereocenters. The van der Waals surface area contributed by atoms with Crippen molar-refractivity contribution in [3.8, 4) is 0 Å². The summed E-state index contributed by atoms with van der Waals surface area (Å²) in [6, 6.07) is 12.1. The van der Waals surface area contributed by atoms with Crippen molar-refractivity contribution in [1.29, 1.82) is 0 Å². The summed E-state index contributed by atoms with van der Waals surface area (Å²) < 4.78 is 19.4. The van der Waals surface area contributed by atoms with E-state index < -0.39 is 11.8 Å². The minimum Gasteiger partial charge on any atom is -0.452 e. The van der Waals surface area contributed by atoms with Crippen LogP contribution in [0, 0.1) is 12.7 Å². The Balaban J connectivity index is 1.46. The summed E-state index contributed by atoms with van der Waals surface area (Å²) in [5.74, 6) is -1.52. The lowest BCUT2D eigenvalue weighted by Gasteiger charge is -2.36. The van der Waals surface area contributed by atoms with E-state index in [-0.39, 0.29) is 18.3 Å². The molecule has 1 fully saturated rings. The van der Waals surface area contributed by atoms with E-state index in [1.54, 1.807) is 23.1 Å². The number of rotatable bonds is 6. The number of ketones is 1. The first kappa shape index (κ1) is 22.2. The van der Waals surface area contributed by atoms with E-state index in [1.165, 1.54) is 19.1 Å². The Labute approximate surface area is 180 Å². The van der Waals surface area contributed by atoms with Crippen LogP contribution in [0.3, 0.4) is 0 Å². The third kappa shape index (κ3) is 6.01. The number of hydrogen-bond acceptors (Lipinski definition) is 5. The molecule has 2 aromatic rings. The molecule has 1 aliphatic heterocycles. The lowest BCUT2D eigenvalue weighted by molar-refractivity contribution is -0.148. The van der Waals surface area contributed by atoms with Crippen molar-refractivity contribution in [3.63, 3.8) is 0 Å². The van der Waals surface area contributed by atoms with E-state index in [0.717, 1.165) is 11.1 Å². The van der Waals surface area contributed by atoms with Crippen LogP contribution in [0.4, 0.5) is 10.1 Å². The Morgan fingerprint density at radius 2 is 1.71 bits per heavy atom. The first-order valence-electron chi connectivity index (χ1n) is 10.1. The topological polar surface area (TPSA) is 66.9 Å². The molecule has 31 heavy (non-hydrogen) atoms. The fourth-order valence-electron chi connectivity index (χ4n) is 3.29. The average Bonchev–Trinajstić information content (AvgIpc) is 2.77. The minimum absolute atomic E-state index is 0.191. The largest absolute Gasteiger partial charge is 0.452 e. The van der Waals surface area contributed by atoms with Gasteiger partial charge in [-0.15, -0.1) is 0 Å². The molecule has 0 bridgehead atoms. The van der Waals surface area contributed by atoms with Crippen LogP contribution in [0.5, 0.6) is 0 Å². The van der Waals surface area contributed by atoms with Gasteiger partial charge in [-0.2, -0.15) is 0 Å². The molecule has 7 heteroatoms. The van der Waals surface area contributed by atoms with Crippen LogP contribution >= 0.6 is 0 Å². The van der Waals surface area contributed by atoms with Crippen molar-refractivity contribution in [3.05, 3.63) is 71.0 Å². The third-order valence-corrected chi connectivity index (χ3v) is 5.15. The summed E-state index contributed by atoms with van der Waals surface area (Å²) in [5.41, 5.74) is 2.73. The number of halogens is 1. The molecule has 1 aliphatic rings. The highest BCUT2D eigenvalue weighted by Crippen LogP contribution is 2.22. The van der Waals surface area contributed by atoms with E-state index in [4.69, 9.17) is 4.74 Å². The van der Waals surface area contributed by atoms with Gasteiger partial charge in [0.15, 0.2) is 12.4 Å². The number of piperazine rings is 1. The van der Waals surface area contributed by atoms with Gasteiger partial charge in [0.2, 0.25) is 0 Å². The number of carbonyl (C=O) groups excluding carboxylic acids is 3.